The molecule has 0 aliphatic carbocycles. The summed E-state index contributed by atoms with van der Waals surface area (Å²) in [5.41, 5.74) is 4.29. The standard InChI is InChI=1S/C30H17NO/c1-3-9-19-17(7-1)13-15-23-25-26-24-16-14-18-8-2-4-10-20(18)29(24)32-30(26)22-12-6-5-11-21(22)28(25)31-27(19)23/h1-16,31H. The van der Waals surface area contributed by atoms with Crippen LogP contribution in [0, 0.1) is 0 Å². The predicted octanol–water partition coefficient (Wildman–Crippen LogP) is 8.68. The van der Waals surface area contributed by atoms with E-state index in [4.69, 9.17) is 4.42 Å². The molecular weight excluding hydrogens is 390 g/mol. The molecule has 0 amide bonds. The number of H-pyrrole nitrogens is 1. The highest BCUT2D eigenvalue weighted by molar-refractivity contribution is 6.37. The van der Waals surface area contributed by atoms with Crippen LogP contribution in [0.15, 0.2) is 101 Å². The van der Waals surface area contributed by atoms with E-state index >= 15 is 0 Å². The van der Waals surface area contributed by atoms with Crippen molar-refractivity contribution in [2.24, 2.45) is 0 Å². The minimum atomic E-state index is 0.964. The van der Waals surface area contributed by atoms with Crippen molar-refractivity contribution in [2.45, 2.75) is 0 Å². The first-order valence-corrected chi connectivity index (χ1v) is 11.0. The Morgan fingerprint density at radius 1 is 0.406 bits per heavy atom. The fraction of sp³-hybridized carbons (Fsp3) is 0. The number of furan rings is 1. The highest BCUT2D eigenvalue weighted by Gasteiger charge is 2.20. The molecule has 6 aromatic carbocycles. The summed E-state index contributed by atoms with van der Waals surface area (Å²) < 4.78 is 6.68. The summed E-state index contributed by atoms with van der Waals surface area (Å²) in [5, 5.41) is 12.0. The van der Waals surface area contributed by atoms with Gasteiger partial charge in [0.25, 0.3) is 0 Å². The number of aromatic nitrogens is 1. The van der Waals surface area contributed by atoms with Gasteiger partial charge in [-0.1, -0.05) is 91.0 Å². The number of fused-ring (bicyclic) bond motifs is 14. The van der Waals surface area contributed by atoms with Crippen molar-refractivity contribution < 1.29 is 4.42 Å². The smallest absolute Gasteiger partial charge is 0.144 e. The van der Waals surface area contributed by atoms with E-state index in [1.807, 2.05) is 0 Å². The van der Waals surface area contributed by atoms with Crippen LogP contribution in [0.5, 0.6) is 0 Å². The molecule has 0 unspecified atom stereocenters. The average Bonchev–Trinajstić information content (AvgIpc) is 3.43. The van der Waals surface area contributed by atoms with Crippen LogP contribution in [0.25, 0.3) is 76.1 Å². The molecular formula is C30H17NO. The van der Waals surface area contributed by atoms with E-state index < -0.39 is 0 Å². The summed E-state index contributed by atoms with van der Waals surface area (Å²) in [4.78, 5) is 3.81. The third-order valence-electron chi connectivity index (χ3n) is 6.97. The van der Waals surface area contributed by atoms with Crippen LogP contribution in [-0.4, -0.2) is 4.98 Å². The largest absolute Gasteiger partial charge is 0.455 e. The minimum absolute atomic E-state index is 0.964. The molecule has 0 radical (unpaired) electrons. The molecule has 2 heterocycles. The van der Waals surface area contributed by atoms with Crippen LogP contribution in [0.3, 0.4) is 0 Å². The lowest BCUT2D eigenvalue weighted by molar-refractivity contribution is 0.676. The Balaban J connectivity index is 1.74. The van der Waals surface area contributed by atoms with E-state index in [-0.39, 0.29) is 0 Å². The fourth-order valence-electron chi connectivity index (χ4n) is 5.56. The third-order valence-corrected chi connectivity index (χ3v) is 6.97. The van der Waals surface area contributed by atoms with Crippen LogP contribution in [0.4, 0.5) is 0 Å². The molecule has 0 aliphatic rings. The normalized spacial score (nSPS) is 12.4. The highest BCUT2D eigenvalue weighted by Crippen LogP contribution is 2.45. The van der Waals surface area contributed by atoms with Gasteiger partial charge in [0, 0.05) is 43.1 Å². The fourth-order valence-corrected chi connectivity index (χ4v) is 5.56. The summed E-state index contributed by atoms with van der Waals surface area (Å²) in [7, 11) is 0. The lowest BCUT2D eigenvalue weighted by atomic mass is 9.98. The summed E-state index contributed by atoms with van der Waals surface area (Å²) in [6.07, 6.45) is 0. The lowest BCUT2D eigenvalue weighted by Crippen LogP contribution is -1.78. The quantitative estimate of drug-likeness (QED) is 0.268. The second-order valence-corrected chi connectivity index (χ2v) is 8.60. The van der Waals surface area contributed by atoms with Gasteiger partial charge >= 0.3 is 0 Å². The zero-order valence-electron chi connectivity index (χ0n) is 17.1. The number of aromatic amines is 1. The SMILES string of the molecule is c1ccc2c(c1)ccc1c2[nH]c2c3ccccc3c3oc4c5ccccc5ccc4c3c12. The van der Waals surface area contributed by atoms with Gasteiger partial charge < -0.3 is 9.40 Å². The maximum Gasteiger partial charge on any atom is 0.144 e. The molecule has 0 fully saturated rings. The van der Waals surface area contributed by atoms with Gasteiger partial charge in [-0.3, -0.25) is 0 Å². The van der Waals surface area contributed by atoms with E-state index in [0.29, 0.717) is 0 Å². The molecule has 0 atom stereocenters. The molecule has 0 spiro atoms. The second-order valence-electron chi connectivity index (χ2n) is 8.60. The lowest BCUT2D eigenvalue weighted by Gasteiger charge is -2.03. The van der Waals surface area contributed by atoms with Gasteiger partial charge in [0.15, 0.2) is 0 Å². The number of benzene rings is 6. The number of nitrogens with one attached hydrogen (secondary N) is 1. The average molecular weight is 407 g/mol. The molecule has 32 heavy (non-hydrogen) atoms. The van der Waals surface area contributed by atoms with Crippen LogP contribution < -0.4 is 0 Å². The van der Waals surface area contributed by atoms with Gasteiger partial charge in [-0.15, -0.1) is 0 Å². The topological polar surface area (TPSA) is 28.9 Å². The van der Waals surface area contributed by atoms with Crippen LogP contribution in [0.1, 0.15) is 0 Å². The minimum Gasteiger partial charge on any atom is -0.455 e. The molecule has 0 saturated heterocycles. The first kappa shape index (κ1) is 16.4. The van der Waals surface area contributed by atoms with E-state index in [1.54, 1.807) is 0 Å². The number of hydrogen-bond donors (Lipinski definition) is 1. The van der Waals surface area contributed by atoms with Gasteiger partial charge in [-0.25, -0.2) is 0 Å². The molecule has 1 N–H and O–H groups in total. The van der Waals surface area contributed by atoms with Gasteiger partial charge in [-0.05, 0) is 16.8 Å². The van der Waals surface area contributed by atoms with Gasteiger partial charge in [-0.2, -0.15) is 0 Å². The zero-order valence-corrected chi connectivity index (χ0v) is 17.1. The van der Waals surface area contributed by atoms with Crippen molar-refractivity contribution in [2.75, 3.05) is 0 Å². The summed E-state index contributed by atoms with van der Waals surface area (Å²) in [6.45, 7) is 0. The second kappa shape index (κ2) is 5.68. The van der Waals surface area contributed by atoms with Crippen LogP contribution in [0.2, 0.25) is 0 Å². The van der Waals surface area contributed by atoms with Gasteiger partial charge in [0.2, 0.25) is 0 Å². The molecule has 2 nitrogen and oxygen atoms in total. The van der Waals surface area contributed by atoms with E-state index in [1.165, 1.54) is 54.1 Å². The molecule has 8 rings (SSSR count). The summed E-state index contributed by atoms with van der Waals surface area (Å²) in [5.74, 6) is 0. The van der Waals surface area contributed by atoms with Crippen molar-refractivity contribution in [3.63, 3.8) is 0 Å². The Kier molecular flexibility index (Phi) is 2.91. The monoisotopic (exact) mass is 407 g/mol. The van der Waals surface area contributed by atoms with Crippen molar-refractivity contribution >= 4 is 76.1 Å². The van der Waals surface area contributed by atoms with Gasteiger partial charge in [0.1, 0.15) is 11.2 Å². The van der Waals surface area contributed by atoms with E-state index in [9.17, 15) is 0 Å². The highest BCUT2D eigenvalue weighted by atomic mass is 16.3. The molecule has 8 aromatic rings. The van der Waals surface area contributed by atoms with Crippen molar-refractivity contribution in [3.05, 3.63) is 97.1 Å². The molecule has 2 aromatic heterocycles. The molecule has 0 aliphatic heterocycles. The molecule has 0 bridgehead atoms. The number of rotatable bonds is 0. The van der Waals surface area contributed by atoms with Crippen LogP contribution in [-0.2, 0) is 0 Å². The van der Waals surface area contributed by atoms with Crippen molar-refractivity contribution in [3.8, 4) is 0 Å². The van der Waals surface area contributed by atoms with E-state index in [0.717, 1.165) is 21.9 Å². The Morgan fingerprint density at radius 2 is 1.03 bits per heavy atom. The predicted molar refractivity (Wildman–Crippen MR) is 136 cm³/mol. The number of hydrogen-bond acceptors (Lipinski definition) is 1. The third kappa shape index (κ3) is 1.91. The summed E-state index contributed by atoms with van der Waals surface area (Å²) in [6, 6.07) is 34.5. The van der Waals surface area contributed by atoms with Crippen LogP contribution >= 0.6 is 0 Å². The summed E-state index contributed by atoms with van der Waals surface area (Å²) >= 11 is 0. The molecule has 148 valence electrons. The zero-order chi connectivity index (χ0) is 20.8. The van der Waals surface area contributed by atoms with E-state index in [2.05, 4.69) is 102 Å². The Morgan fingerprint density at radius 3 is 1.84 bits per heavy atom. The maximum atomic E-state index is 6.68. The van der Waals surface area contributed by atoms with Crippen molar-refractivity contribution in [1.29, 1.82) is 0 Å². The first-order chi connectivity index (χ1) is 15.9. The van der Waals surface area contributed by atoms with Gasteiger partial charge in [0.05, 0.1) is 11.0 Å². The maximum absolute atomic E-state index is 6.68. The Hall–Kier alpha value is -4.30. The molecule has 0 saturated carbocycles. The Labute approximate surface area is 182 Å². The Bertz CT molecular complexity index is 1890. The van der Waals surface area contributed by atoms with Crippen molar-refractivity contribution in [1.82, 2.24) is 4.98 Å². The molecule has 2 heteroatoms. The first-order valence-electron chi connectivity index (χ1n) is 11.0.